The second kappa shape index (κ2) is 3.37. The van der Waals surface area contributed by atoms with E-state index in [2.05, 4.69) is 0 Å². The highest BCUT2D eigenvalue weighted by atomic mass is 32.2. The first-order chi connectivity index (χ1) is 5.89. The van der Waals surface area contributed by atoms with Crippen LogP contribution in [0.5, 0.6) is 0 Å². The molecule has 1 aliphatic rings. The first-order valence-electron chi connectivity index (χ1n) is 4.19. The van der Waals surface area contributed by atoms with Crippen LogP contribution in [-0.2, 0) is 0 Å². The van der Waals surface area contributed by atoms with Gasteiger partial charge in [-0.15, -0.1) is 11.8 Å². The van der Waals surface area contributed by atoms with Crippen molar-refractivity contribution >= 4 is 11.8 Å². The summed E-state index contributed by atoms with van der Waals surface area (Å²) >= 11 is 0.748. The summed E-state index contributed by atoms with van der Waals surface area (Å²) in [7, 11) is 0. The fourth-order valence-electron chi connectivity index (χ4n) is 1.66. The molecule has 13 heavy (non-hydrogen) atoms. The molecule has 0 saturated heterocycles. The van der Waals surface area contributed by atoms with Crippen LogP contribution in [0.15, 0.2) is 0 Å². The van der Waals surface area contributed by atoms with Gasteiger partial charge in [-0.1, -0.05) is 6.92 Å². The molecule has 4 atom stereocenters. The molecule has 0 aliphatic heterocycles. The Morgan fingerprint density at radius 3 is 2.15 bits per heavy atom. The quantitative estimate of drug-likeness (QED) is 0.724. The molecule has 0 aromatic carbocycles. The maximum Gasteiger partial charge on any atom is 0.187 e. The number of rotatable bonds is 2. The largest absolute Gasteiger partial charge is 0.387 e. The highest BCUT2D eigenvalue weighted by Crippen LogP contribution is 2.50. The summed E-state index contributed by atoms with van der Waals surface area (Å²) in [5.41, 5.74) is -1.99. The van der Waals surface area contributed by atoms with Crippen molar-refractivity contribution in [1.29, 1.82) is 0 Å². The lowest BCUT2D eigenvalue weighted by Crippen LogP contribution is -2.39. The summed E-state index contributed by atoms with van der Waals surface area (Å²) < 4.78 is 27.4. The highest BCUT2D eigenvalue weighted by Gasteiger charge is 2.61. The minimum Gasteiger partial charge on any atom is -0.387 e. The molecule has 1 saturated carbocycles. The summed E-state index contributed by atoms with van der Waals surface area (Å²) in [6.45, 7) is 1.53. The van der Waals surface area contributed by atoms with Crippen molar-refractivity contribution in [2.75, 3.05) is 6.26 Å². The van der Waals surface area contributed by atoms with Gasteiger partial charge in [0, 0.05) is 6.42 Å². The zero-order valence-corrected chi connectivity index (χ0v) is 8.44. The molecule has 0 spiro atoms. The van der Waals surface area contributed by atoms with Gasteiger partial charge in [0.05, 0.1) is 0 Å². The minimum atomic E-state index is -2.05. The highest BCUT2D eigenvalue weighted by molar-refractivity contribution is 7.99. The van der Waals surface area contributed by atoms with Crippen LogP contribution in [0.4, 0.5) is 8.78 Å². The first kappa shape index (κ1) is 11.2. The van der Waals surface area contributed by atoms with Crippen molar-refractivity contribution in [1.82, 2.24) is 0 Å². The van der Waals surface area contributed by atoms with Gasteiger partial charge in [0.15, 0.2) is 5.00 Å². The SMILES string of the molecule is CCC1(F)CC(F)(SC)C(O)C1O. The van der Waals surface area contributed by atoms with E-state index < -0.39 is 29.3 Å². The molecule has 1 aliphatic carbocycles. The molecule has 0 amide bonds. The van der Waals surface area contributed by atoms with Crippen molar-refractivity contribution in [2.24, 2.45) is 0 Å². The van der Waals surface area contributed by atoms with Gasteiger partial charge in [-0.05, 0) is 12.7 Å². The third-order valence-corrected chi connectivity index (χ3v) is 3.80. The molecule has 1 fully saturated rings. The van der Waals surface area contributed by atoms with E-state index in [0.717, 1.165) is 11.8 Å². The number of halogens is 2. The lowest BCUT2D eigenvalue weighted by Gasteiger charge is -2.21. The topological polar surface area (TPSA) is 40.5 Å². The Balaban J connectivity index is 2.90. The Hall–Kier alpha value is 0.130. The molecule has 0 aromatic heterocycles. The molecule has 2 nitrogen and oxygen atoms in total. The van der Waals surface area contributed by atoms with E-state index in [1.165, 1.54) is 13.2 Å². The van der Waals surface area contributed by atoms with Crippen molar-refractivity contribution in [2.45, 2.75) is 42.6 Å². The molecule has 2 N–H and O–H groups in total. The Kier molecular flexibility index (Phi) is 2.90. The van der Waals surface area contributed by atoms with Crippen LogP contribution in [0.1, 0.15) is 19.8 Å². The van der Waals surface area contributed by atoms with Crippen LogP contribution in [0.2, 0.25) is 0 Å². The van der Waals surface area contributed by atoms with E-state index in [-0.39, 0.29) is 6.42 Å². The van der Waals surface area contributed by atoms with Crippen molar-refractivity contribution < 1.29 is 19.0 Å². The Morgan fingerprint density at radius 1 is 1.38 bits per heavy atom. The second-order valence-electron chi connectivity index (χ2n) is 3.44. The summed E-state index contributed by atoms with van der Waals surface area (Å²) in [6.07, 6.45) is -2.23. The van der Waals surface area contributed by atoms with Crippen LogP contribution >= 0.6 is 11.8 Å². The van der Waals surface area contributed by atoms with Gasteiger partial charge in [-0.3, -0.25) is 0 Å². The lowest BCUT2D eigenvalue weighted by atomic mass is 9.99. The zero-order valence-electron chi connectivity index (χ0n) is 7.63. The van der Waals surface area contributed by atoms with E-state index in [4.69, 9.17) is 0 Å². The van der Waals surface area contributed by atoms with E-state index in [9.17, 15) is 19.0 Å². The second-order valence-corrected chi connectivity index (χ2v) is 4.53. The van der Waals surface area contributed by atoms with E-state index in [0.29, 0.717) is 0 Å². The molecule has 1 rings (SSSR count). The van der Waals surface area contributed by atoms with E-state index in [1.54, 1.807) is 0 Å². The summed E-state index contributed by atoms with van der Waals surface area (Å²) in [5, 5.41) is 16.6. The molecule has 4 unspecified atom stereocenters. The molecule has 5 heteroatoms. The maximum absolute atomic E-state index is 13.7. The number of aliphatic hydroxyl groups excluding tert-OH is 2. The predicted molar refractivity (Wildman–Crippen MR) is 48.1 cm³/mol. The zero-order chi connectivity index (χ0) is 10.3. The van der Waals surface area contributed by atoms with Crippen molar-refractivity contribution in [3.63, 3.8) is 0 Å². The van der Waals surface area contributed by atoms with Gasteiger partial charge >= 0.3 is 0 Å². The summed E-state index contributed by atoms with van der Waals surface area (Å²) in [4.78, 5) is 0. The molecular formula is C8H14F2O2S. The van der Waals surface area contributed by atoms with Crippen LogP contribution < -0.4 is 0 Å². The van der Waals surface area contributed by atoms with Crippen molar-refractivity contribution in [3.8, 4) is 0 Å². The van der Waals surface area contributed by atoms with E-state index in [1.807, 2.05) is 0 Å². The number of thioether (sulfide) groups is 1. The fourth-order valence-corrected chi connectivity index (χ4v) is 2.41. The standard InChI is InChI=1S/C8H14F2O2S/c1-3-7(9)4-8(10,13-2)6(12)5(7)11/h5-6,11-12H,3-4H2,1-2H3. The van der Waals surface area contributed by atoms with Crippen LogP contribution in [0.3, 0.4) is 0 Å². The van der Waals surface area contributed by atoms with Crippen molar-refractivity contribution in [3.05, 3.63) is 0 Å². The molecule has 0 heterocycles. The normalized spacial score (nSPS) is 51.2. The average molecular weight is 212 g/mol. The van der Waals surface area contributed by atoms with Gasteiger partial charge in [0.2, 0.25) is 0 Å². The van der Waals surface area contributed by atoms with Crippen LogP contribution in [0, 0.1) is 0 Å². The smallest absolute Gasteiger partial charge is 0.187 e. The number of alkyl halides is 2. The van der Waals surface area contributed by atoms with Gasteiger partial charge in [-0.25, -0.2) is 8.78 Å². The average Bonchev–Trinajstić information content (AvgIpc) is 2.30. The predicted octanol–water partition coefficient (Wildman–Crippen LogP) is 1.26. The molecular weight excluding hydrogens is 198 g/mol. The van der Waals surface area contributed by atoms with Gasteiger partial charge in [0.25, 0.3) is 0 Å². The van der Waals surface area contributed by atoms with E-state index >= 15 is 0 Å². The number of hydrogen-bond donors (Lipinski definition) is 2. The molecule has 0 radical (unpaired) electrons. The van der Waals surface area contributed by atoms with Gasteiger partial charge in [-0.2, -0.15) is 0 Å². The number of hydrogen-bond acceptors (Lipinski definition) is 3. The minimum absolute atomic E-state index is 0.0114. The maximum atomic E-state index is 13.7. The summed E-state index contributed by atoms with van der Waals surface area (Å²) in [6, 6.07) is 0. The lowest BCUT2D eigenvalue weighted by molar-refractivity contribution is -0.0506. The van der Waals surface area contributed by atoms with Crippen LogP contribution in [0.25, 0.3) is 0 Å². The summed E-state index contributed by atoms with van der Waals surface area (Å²) in [5.74, 6) is 0. The Bertz CT molecular complexity index is 185. The fraction of sp³-hybridized carbons (Fsp3) is 1.00. The van der Waals surface area contributed by atoms with Crippen LogP contribution in [-0.4, -0.2) is 39.3 Å². The molecule has 0 aromatic rings. The van der Waals surface area contributed by atoms with Gasteiger partial charge in [0.1, 0.15) is 17.9 Å². The monoisotopic (exact) mass is 212 g/mol. The first-order valence-corrected chi connectivity index (χ1v) is 5.41. The van der Waals surface area contributed by atoms with Gasteiger partial charge < -0.3 is 10.2 Å². The molecule has 78 valence electrons. The Morgan fingerprint density at radius 2 is 1.92 bits per heavy atom. The third kappa shape index (κ3) is 1.57. The molecule has 0 bridgehead atoms. The Labute approximate surface area is 80.3 Å². The third-order valence-electron chi connectivity index (χ3n) is 2.73. The number of aliphatic hydroxyl groups is 2.